The molecule has 0 bridgehead atoms. The zero-order chi connectivity index (χ0) is 66.0. The highest BCUT2D eigenvalue weighted by molar-refractivity contribution is 8.93. The Bertz CT molecular complexity index is 3010. The number of carboxylic acids is 1. The third-order valence-electron chi connectivity index (χ3n) is 21.2. The van der Waals surface area contributed by atoms with Crippen LogP contribution >= 0.6 is 17.0 Å². The summed E-state index contributed by atoms with van der Waals surface area (Å²) in [6, 6.07) is 14.8. The Labute approximate surface area is 559 Å². The molecule has 4 fully saturated rings. The standard InChI is InChI=1S/C36H55N7O2.C33H51N3O3.C2H5N5.BrH/c1-24(2)8-13-30(27-9-11-28(12-10-27)33(44)37-22-31-38-23-39-41-31)43-34(45)32(42-20-16-26(17-21-42)25(3)4)40-36(43)18-14-29(15-19-36)35(5,6)7;1-22(2)8-13-28(25-9-11-26(12-10-25)31(38)39)36-30(37)29(35-20-16-24(17-21-35)23(3)4)34-33(36)18-14-27(15-19-33)32(5,6)7;3-1-2-4-6-7-5-2;/h9-12,24-26,29-30H,8,13-23H2,1-7H3,(H,37,44);9-12,22-24,27-28H,8,13-21H2,1-7H3,(H,38,39);1,3H2,(H,4,5,6,7);1H/t29?,30-,36?;27?,28-,33?;;/m11../s1. The second-order valence-corrected chi connectivity index (χ2v) is 30.8. The van der Waals surface area contributed by atoms with E-state index in [1.54, 1.807) is 12.1 Å². The SMILES string of the molecule is Br.CC(C)CC[C@H](c1ccc(C(=O)NCC2=NCN=N2)cc1)N1C(=O)C(N2CCC(C(C)C)CC2)=NC12CCC(C(C)(C)C)CC2.CC(C)CC[C@H](c1ccc(C(=O)O)cc1)N1C(=O)C(N2CCC(C(C)C)CC2)=NC12CCC(C(C)(C)C)CC2.NCc1nn[nH]n1. The minimum atomic E-state index is -0.926. The number of aromatic amines is 1. The number of aromatic nitrogens is 4. The van der Waals surface area contributed by atoms with Gasteiger partial charge in [0.25, 0.3) is 17.7 Å². The van der Waals surface area contributed by atoms with Crippen LogP contribution in [0, 0.1) is 58.2 Å². The Hall–Kier alpha value is -5.96. The van der Waals surface area contributed by atoms with Crippen LogP contribution in [0.25, 0.3) is 0 Å². The van der Waals surface area contributed by atoms with Gasteiger partial charge in [-0.2, -0.15) is 10.3 Å². The lowest BCUT2D eigenvalue weighted by molar-refractivity contribution is -0.135. The first kappa shape index (κ1) is 73.5. The van der Waals surface area contributed by atoms with Crippen LogP contribution in [0.15, 0.2) is 73.7 Å². The van der Waals surface area contributed by atoms with Crippen molar-refractivity contribution in [3.8, 4) is 0 Å². The van der Waals surface area contributed by atoms with Gasteiger partial charge in [-0.15, -0.1) is 32.3 Å². The van der Waals surface area contributed by atoms with Gasteiger partial charge < -0.3 is 35.8 Å². The van der Waals surface area contributed by atoms with Crippen molar-refractivity contribution in [1.82, 2.24) is 45.5 Å². The molecule has 0 radical (unpaired) electrons. The zero-order valence-electron chi connectivity index (χ0n) is 58.1. The topological polar surface area (TPSA) is 256 Å². The fourth-order valence-electron chi connectivity index (χ4n) is 15.1. The summed E-state index contributed by atoms with van der Waals surface area (Å²) in [5.41, 5.74) is 7.49. The maximum atomic E-state index is 14.7. The van der Waals surface area contributed by atoms with Crippen LogP contribution in [0.4, 0.5) is 0 Å². The Morgan fingerprint density at radius 2 is 1.04 bits per heavy atom. The molecule has 5 aliphatic heterocycles. The number of nitrogens with zero attached hydrogens (tertiary/aromatic N) is 12. The fraction of sp³-hybridized carbons (Fsp3) is 0.718. The van der Waals surface area contributed by atoms with Gasteiger partial charge in [0, 0.05) is 31.7 Å². The molecule has 92 heavy (non-hydrogen) atoms. The number of halogens is 1. The number of H-pyrrole nitrogens is 1. The minimum absolute atomic E-state index is 0. The number of aliphatic imine (C=N–C) groups is 3. The van der Waals surface area contributed by atoms with E-state index in [1.807, 2.05) is 36.4 Å². The average molecular weight is 1340 g/mol. The number of carboxylic acid groups (broad SMARTS) is 1. The lowest BCUT2D eigenvalue weighted by atomic mass is 9.69. The highest BCUT2D eigenvalue weighted by atomic mass is 79.9. The van der Waals surface area contributed by atoms with Gasteiger partial charge in [-0.3, -0.25) is 14.4 Å². The number of tetrazole rings is 1. The summed E-state index contributed by atoms with van der Waals surface area (Å²) in [5.74, 6) is 6.48. The number of piperidine rings is 2. The lowest BCUT2D eigenvalue weighted by Gasteiger charge is -2.47. The molecule has 6 heterocycles. The molecule has 7 aliphatic rings. The van der Waals surface area contributed by atoms with E-state index in [-0.39, 0.29) is 69.7 Å². The van der Waals surface area contributed by atoms with Crippen LogP contribution in [0.3, 0.4) is 0 Å². The number of azo groups is 1. The maximum Gasteiger partial charge on any atom is 0.335 e. The number of amides is 3. The number of carbonyl (C=O) groups excluding carboxylic acids is 3. The summed E-state index contributed by atoms with van der Waals surface area (Å²) in [7, 11) is 0. The highest BCUT2D eigenvalue weighted by Gasteiger charge is 2.56. The van der Waals surface area contributed by atoms with Crippen molar-refractivity contribution in [3.63, 3.8) is 0 Å². The van der Waals surface area contributed by atoms with Crippen LogP contribution < -0.4 is 11.1 Å². The predicted octanol–water partition coefficient (Wildman–Crippen LogP) is 13.9. The van der Waals surface area contributed by atoms with Crippen molar-refractivity contribution in [1.29, 1.82) is 0 Å². The largest absolute Gasteiger partial charge is 0.478 e. The van der Waals surface area contributed by atoms with Gasteiger partial charge in [-0.05, 0) is 196 Å². The van der Waals surface area contributed by atoms with E-state index >= 15 is 0 Å². The second kappa shape index (κ2) is 32.0. The molecular formula is C71H112BrN15O5. The van der Waals surface area contributed by atoms with E-state index in [4.69, 9.17) is 15.7 Å². The summed E-state index contributed by atoms with van der Waals surface area (Å²) in [4.78, 5) is 77.5. The van der Waals surface area contributed by atoms with Crippen LogP contribution in [-0.4, -0.2) is 137 Å². The summed E-state index contributed by atoms with van der Waals surface area (Å²) in [6.07, 6.45) is 16.0. The predicted molar refractivity (Wildman–Crippen MR) is 370 cm³/mol. The molecule has 2 aromatic carbocycles. The van der Waals surface area contributed by atoms with Gasteiger partial charge in [-0.1, -0.05) is 126 Å². The third-order valence-corrected chi connectivity index (χ3v) is 21.2. The Balaban J connectivity index is 0.000000235. The van der Waals surface area contributed by atoms with Gasteiger partial charge in [-0.25, -0.2) is 19.8 Å². The second-order valence-electron chi connectivity index (χ2n) is 30.8. The van der Waals surface area contributed by atoms with Crippen molar-refractivity contribution < 1.29 is 24.3 Å². The molecule has 2 saturated carbocycles. The molecule has 10 rings (SSSR count). The fourth-order valence-corrected chi connectivity index (χ4v) is 15.1. The van der Waals surface area contributed by atoms with E-state index < -0.39 is 17.3 Å². The molecule has 0 unspecified atom stereocenters. The van der Waals surface area contributed by atoms with Crippen molar-refractivity contribution in [2.24, 2.45) is 89.1 Å². The third kappa shape index (κ3) is 18.1. The van der Waals surface area contributed by atoms with Crippen LogP contribution in [-0.2, 0) is 16.1 Å². The molecule has 508 valence electrons. The minimum Gasteiger partial charge on any atom is -0.478 e. The number of benzene rings is 2. The molecule has 2 aliphatic carbocycles. The molecular weight excluding hydrogens is 1220 g/mol. The van der Waals surface area contributed by atoms with E-state index in [0.29, 0.717) is 89.5 Å². The molecule has 3 aromatic rings. The molecule has 2 atom stereocenters. The first-order valence-corrected chi connectivity index (χ1v) is 34.5. The van der Waals surface area contributed by atoms with Crippen molar-refractivity contribution >= 4 is 58.2 Å². The van der Waals surface area contributed by atoms with Gasteiger partial charge in [0.1, 0.15) is 11.3 Å². The van der Waals surface area contributed by atoms with E-state index in [2.05, 4.69) is 158 Å². The first-order chi connectivity index (χ1) is 43.1. The molecule has 21 heteroatoms. The summed E-state index contributed by atoms with van der Waals surface area (Å²) in [6.45, 7) is 36.7. The van der Waals surface area contributed by atoms with Gasteiger partial charge in [0.15, 0.2) is 30.0 Å². The number of hydrogen-bond acceptors (Lipinski definition) is 15. The average Bonchev–Trinajstić information content (AvgIpc) is 1.57. The summed E-state index contributed by atoms with van der Waals surface area (Å²) >= 11 is 0. The van der Waals surface area contributed by atoms with Gasteiger partial charge >= 0.3 is 5.97 Å². The number of nitrogens with one attached hydrogen (secondary N) is 2. The summed E-state index contributed by atoms with van der Waals surface area (Å²) < 4.78 is 0. The molecule has 5 N–H and O–H groups in total. The number of likely N-dealkylation sites (tertiary alicyclic amines) is 2. The first-order valence-electron chi connectivity index (χ1n) is 34.5. The number of rotatable bonds is 17. The van der Waals surface area contributed by atoms with E-state index in [9.17, 15) is 24.3 Å². The number of aromatic carboxylic acids is 1. The molecule has 2 spiro atoms. The summed E-state index contributed by atoms with van der Waals surface area (Å²) in [5, 5.41) is 32.8. The molecule has 1 aromatic heterocycles. The van der Waals surface area contributed by atoms with Crippen molar-refractivity contribution in [2.45, 2.75) is 230 Å². The van der Waals surface area contributed by atoms with Crippen LogP contribution in [0.1, 0.15) is 249 Å². The van der Waals surface area contributed by atoms with Gasteiger partial charge in [0.2, 0.25) is 0 Å². The monoisotopic (exact) mass is 1330 g/mol. The van der Waals surface area contributed by atoms with Gasteiger partial charge in [0.05, 0.1) is 30.7 Å². The maximum absolute atomic E-state index is 14.7. The molecule has 3 amide bonds. The lowest BCUT2D eigenvalue weighted by Crippen LogP contribution is -2.52. The van der Waals surface area contributed by atoms with Crippen LogP contribution in [0.5, 0.6) is 0 Å². The number of carbonyl (C=O) groups is 4. The Morgan fingerprint density at radius 1 is 0.630 bits per heavy atom. The zero-order valence-corrected chi connectivity index (χ0v) is 59.8. The Kier molecular flexibility index (Phi) is 25.5. The molecule has 20 nitrogen and oxygen atoms in total. The number of hydrogen-bond donors (Lipinski definition) is 4. The van der Waals surface area contributed by atoms with Crippen molar-refractivity contribution in [3.05, 3.63) is 76.6 Å². The smallest absolute Gasteiger partial charge is 0.335 e. The van der Waals surface area contributed by atoms with Crippen LogP contribution in [0.2, 0.25) is 0 Å². The number of nitrogens with two attached hydrogens (primary N) is 1. The highest BCUT2D eigenvalue weighted by Crippen LogP contribution is 2.52. The molecule has 2 saturated heterocycles. The normalized spacial score (nSPS) is 23.8. The van der Waals surface area contributed by atoms with Crippen molar-refractivity contribution in [2.75, 3.05) is 39.4 Å². The number of amidine groups is 3. The quantitative estimate of drug-likeness (QED) is 0.0988. The Morgan fingerprint density at radius 3 is 1.36 bits per heavy atom. The van der Waals surface area contributed by atoms with E-state index in [0.717, 1.165) is 140 Å². The van der Waals surface area contributed by atoms with E-state index in [1.165, 1.54) is 0 Å².